The molecule has 0 atom stereocenters. The summed E-state index contributed by atoms with van der Waals surface area (Å²) in [4.78, 5) is 9.97. The van der Waals surface area contributed by atoms with Gasteiger partial charge in [0.2, 0.25) is 0 Å². The largest absolute Gasteiger partial charge is 0.291 e. The highest BCUT2D eigenvalue weighted by molar-refractivity contribution is 6.35. The molecular weight excluding hydrogens is 207 g/mol. The minimum Gasteiger partial charge on any atom is -0.291 e. The summed E-state index contributed by atoms with van der Waals surface area (Å²) in [6, 6.07) is 5.40. The van der Waals surface area contributed by atoms with Crippen molar-refractivity contribution in [3.8, 4) is 0 Å². The number of benzene rings is 1. The average molecular weight is 216 g/mol. The highest BCUT2D eigenvalue weighted by Crippen LogP contribution is 2.25. The van der Waals surface area contributed by atoms with Crippen LogP contribution in [-0.4, -0.2) is 6.29 Å². The van der Waals surface area contributed by atoms with Crippen LogP contribution in [0.1, 0.15) is 18.4 Å². The first kappa shape index (κ1) is 10.6. The molecular formula is C10H9Cl2O. The molecule has 1 nitrogen and oxygen atoms in total. The number of halogens is 2. The molecule has 3 heteroatoms. The van der Waals surface area contributed by atoms with Gasteiger partial charge in [-0.1, -0.05) is 29.3 Å². The summed E-state index contributed by atoms with van der Waals surface area (Å²) in [5.41, 5.74) is 0.918. The molecule has 69 valence electrons. The topological polar surface area (TPSA) is 17.1 Å². The van der Waals surface area contributed by atoms with Gasteiger partial charge in [0.25, 0.3) is 0 Å². The molecule has 0 aliphatic carbocycles. The molecule has 0 heterocycles. The average Bonchev–Trinajstić information content (AvgIpc) is 2.10. The quantitative estimate of drug-likeness (QED) is 0.704. The molecule has 1 aromatic rings. The Labute approximate surface area is 87.7 Å². The van der Waals surface area contributed by atoms with Crippen LogP contribution in [-0.2, 0) is 11.2 Å². The van der Waals surface area contributed by atoms with Crippen molar-refractivity contribution in [1.29, 1.82) is 0 Å². The zero-order valence-corrected chi connectivity index (χ0v) is 8.53. The maximum absolute atomic E-state index is 9.97. The number of carbonyl (C=O) groups excluding carboxylic acids is 1. The Morgan fingerprint density at radius 1 is 1.23 bits per heavy atom. The summed E-state index contributed by atoms with van der Waals surface area (Å²) in [6.07, 6.45) is 3.75. The van der Waals surface area contributed by atoms with E-state index >= 15 is 0 Å². The molecule has 0 spiro atoms. The summed E-state index contributed by atoms with van der Waals surface area (Å²) < 4.78 is 0. The predicted molar refractivity (Wildman–Crippen MR) is 55.1 cm³/mol. The normalized spacial score (nSPS) is 10.0. The summed E-state index contributed by atoms with van der Waals surface area (Å²) in [5.74, 6) is 0. The van der Waals surface area contributed by atoms with Gasteiger partial charge in [-0.15, -0.1) is 0 Å². The van der Waals surface area contributed by atoms with E-state index in [4.69, 9.17) is 23.2 Å². The van der Waals surface area contributed by atoms with E-state index in [1.54, 1.807) is 18.2 Å². The lowest BCUT2D eigenvalue weighted by Gasteiger charge is -2.04. The van der Waals surface area contributed by atoms with Crippen LogP contribution in [0.4, 0.5) is 0 Å². The fourth-order valence-electron chi connectivity index (χ4n) is 1.11. The third-order valence-electron chi connectivity index (χ3n) is 1.77. The molecule has 0 aliphatic heterocycles. The van der Waals surface area contributed by atoms with E-state index in [9.17, 15) is 4.79 Å². The highest BCUT2D eigenvalue weighted by atomic mass is 35.5. The molecule has 0 saturated carbocycles. The molecule has 1 aromatic carbocycles. The van der Waals surface area contributed by atoms with Crippen molar-refractivity contribution >= 4 is 29.5 Å². The van der Waals surface area contributed by atoms with E-state index in [2.05, 4.69) is 0 Å². The zero-order chi connectivity index (χ0) is 9.68. The van der Waals surface area contributed by atoms with Crippen LogP contribution in [0, 0.1) is 0 Å². The van der Waals surface area contributed by atoms with Crippen LogP contribution in [0.5, 0.6) is 0 Å². The monoisotopic (exact) mass is 215 g/mol. The van der Waals surface area contributed by atoms with Crippen molar-refractivity contribution in [1.82, 2.24) is 0 Å². The van der Waals surface area contributed by atoms with Crippen LogP contribution in [0.2, 0.25) is 10.0 Å². The van der Waals surface area contributed by atoms with Crippen LogP contribution in [0.25, 0.3) is 0 Å². The van der Waals surface area contributed by atoms with Crippen molar-refractivity contribution in [3.63, 3.8) is 0 Å². The Morgan fingerprint density at radius 2 is 1.85 bits per heavy atom. The van der Waals surface area contributed by atoms with Crippen LogP contribution in [0.15, 0.2) is 18.2 Å². The molecule has 0 aliphatic rings. The first-order valence-corrected chi connectivity index (χ1v) is 4.79. The van der Waals surface area contributed by atoms with E-state index in [1.165, 1.54) is 0 Å². The lowest BCUT2D eigenvalue weighted by molar-refractivity contribution is 0.548. The van der Waals surface area contributed by atoms with Gasteiger partial charge in [-0.2, -0.15) is 0 Å². The van der Waals surface area contributed by atoms with E-state index in [0.29, 0.717) is 16.5 Å². The summed E-state index contributed by atoms with van der Waals surface area (Å²) in [7, 11) is 0. The molecule has 0 bridgehead atoms. The third kappa shape index (κ3) is 3.02. The van der Waals surface area contributed by atoms with E-state index < -0.39 is 0 Å². The smallest absolute Gasteiger partial charge is 0.198 e. The molecule has 0 saturated heterocycles. The first-order valence-electron chi connectivity index (χ1n) is 4.03. The van der Waals surface area contributed by atoms with Crippen LogP contribution in [0.3, 0.4) is 0 Å². The van der Waals surface area contributed by atoms with Crippen molar-refractivity contribution < 1.29 is 4.79 Å². The van der Waals surface area contributed by atoms with Gasteiger partial charge < -0.3 is 0 Å². The van der Waals surface area contributed by atoms with Crippen LogP contribution < -0.4 is 0 Å². The second kappa shape index (κ2) is 5.25. The van der Waals surface area contributed by atoms with Gasteiger partial charge in [-0.05, 0) is 30.5 Å². The fraction of sp³-hybridized carbons (Fsp3) is 0.300. The fourth-order valence-corrected chi connectivity index (χ4v) is 1.69. The molecule has 1 rings (SSSR count). The molecule has 0 amide bonds. The minimum atomic E-state index is 0.432. The number of hydrogen-bond donors (Lipinski definition) is 0. The maximum atomic E-state index is 9.97. The highest BCUT2D eigenvalue weighted by Gasteiger charge is 2.04. The second-order valence-corrected chi connectivity index (χ2v) is 3.51. The molecule has 0 unspecified atom stereocenters. The minimum absolute atomic E-state index is 0.432. The number of unbranched alkanes of at least 4 members (excludes halogenated alkanes) is 1. The van der Waals surface area contributed by atoms with Gasteiger partial charge in [0.05, 0.1) is 0 Å². The lowest BCUT2D eigenvalue weighted by Crippen LogP contribution is -1.89. The van der Waals surface area contributed by atoms with Crippen molar-refractivity contribution in [2.45, 2.75) is 19.3 Å². The summed E-state index contributed by atoms with van der Waals surface area (Å²) >= 11 is 11.9. The molecule has 0 aromatic heterocycles. The Morgan fingerprint density at radius 3 is 2.38 bits per heavy atom. The van der Waals surface area contributed by atoms with Gasteiger partial charge in [-0.25, -0.2) is 0 Å². The third-order valence-corrected chi connectivity index (χ3v) is 2.48. The van der Waals surface area contributed by atoms with Crippen molar-refractivity contribution in [2.75, 3.05) is 0 Å². The van der Waals surface area contributed by atoms with Gasteiger partial charge >= 0.3 is 0 Å². The zero-order valence-electron chi connectivity index (χ0n) is 7.02. The Hall–Kier alpha value is -0.530. The summed E-state index contributed by atoms with van der Waals surface area (Å²) in [5, 5.41) is 1.33. The van der Waals surface area contributed by atoms with E-state index in [0.717, 1.165) is 18.4 Å². The van der Waals surface area contributed by atoms with E-state index in [-0.39, 0.29) is 0 Å². The van der Waals surface area contributed by atoms with Gasteiger partial charge in [-0.3, -0.25) is 4.79 Å². The number of rotatable bonds is 4. The van der Waals surface area contributed by atoms with Crippen molar-refractivity contribution in [2.24, 2.45) is 0 Å². The summed E-state index contributed by atoms with van der Waals surface area (Å²) in [6.45, 7) is 0. The maximum Gasteiger partial charge on any atom is 0.198 e. The lowest BCUT2D eigenvalue weighted by atomic mass is 10.1. The Bertz CT molecular complexity index is 277. The van der Waals surface area contributed by atoms with Crippen LogP contribution >= 0.6 is 23.2 Å². The van der Waals surface area contributed by atoms with E-state index in [1.807, 2.05) is 6.29 Å². The first-order chi connectivity index (χ1) is 6.25. The number of hydrogen-bond acceptors (Lipinski definition) is 1. The molecule has 0 N–H and O–H groups in total. The predicted octanol–water partition coefficient (Wildman–Crippen LogP) is 3.43. The molecule has 1 radical (unpaired) electrons. The van der Waals surface area contributed by atoms with Gasteiger partial charge in [0.15, 0.2) is 6.29 Å². The van der Waals surface area contributed by atoms with Crippen molar-refractivity contribution in [3.05, 3.63) is 33.8 Å². The molecule has 13 heavy (non-hydrogen) atoms. The Balaban J connectivity index is 2.69. The van der Waals surface area contributed by atoms with Gasteiger partial charge in [0, 0.05) is 16.5 Å². The second-order valence-electron chi connectivity index (χ2n) is 2.70. The Kier molecular flexibility index (Phi) is 4.26. The SMILES string of the molecule is O=[C]CCCc1c(Cl)cccc1Cl. The van der Waals surface area contributed by atoms with Gasteiger partial charge in [0.1, 0.15) is 0 Å². The molecule has 0 fully saturated rings. The standard InChI is InChI=1S/C10H9Cl2O/c11-9-5-3-6-10(12)8(9)4-1-2-7-13/h3,5-6H,1-2,4H2.